The highest BCUT2D eigenvalue weighted by Crippen LogP contribution is 2.37. The Morgan fingerprint density at radius 2 is 1.19 bits per heavy atom. The molecule has 0 aliphatic heterocycles. The average Bonchev–Trinajstić information content (AvgIpc) is 2.31. The number of allylic oxidation sites excluding steroid dienone is 2. The number of carbonyl (C=O) groups is 2. The summed E-state index contributed by atoms with van der Waals surface area (Å²) in [5, 5.41) is 13.8. The summed E-state index contributed by atoms with van der Waals surface area (Å²) in [5.41, 5.74) is 0. The smallest absolute Gasteiger partial charge is 0.290 e. The van der Waals surface area contributed by atoms with Gasteiger partial charge in [-0.05, 0) is 37.5 Å². The zero-order valence-electron chi connectivity index (χ0n) is 9.42. The molecule has 0 amide bonds. The SMILES string of the molecule is C1=CCC2CCCCC2C1.O=CO.O=CO. The largest absolute Gasteiger partial charge is 0.483 e. The third-order valence-corrected chi connectivity index (χ3v) is 3.11. The number of carboxylic acid groups (broad SMARTS) is 2. The second kappa shape index (κ2) is 10.2. The van der Waals surface area contributed by atoms with Crippen LogP contribution >= 0.6 is 0 Å². The summed E-state index contributed by atoms with van der Waals surface area (Å²) in [6.45, 7) is -0.500. The van der Waals surface area contributed by atoms with E-state index in [0.717, 1.165) is 11.8 Å². The highest BCUT2D eigenvalue weighted by molar-refractivity contribution is 5.33. The lowest BCUT2D eigenvalue weighted by Gasteiger charge is -2.32. The first-order valence-corrected chi connectivity index (χ1v) is 5.60. The lowest BCUT2D eigenvalue weighted by molar-refractivity contribution is -0.123. The third kappa shape index (κ3) is 6.22. The van der Waals surface area contributed by atoms with E-state index in [1.54, 1.807) is 0 Å². The molecule has 2 atom stereocenters. The molecule has 0 bridgehead atoms. The van der Waals surface area contributed by atoms with Gasteiger partial charge in [-0.1, -0.05) is 25.0 Å². The molecular formula is C12H20O4. The fourth-order valence-electron chi connectivity index (χ4n) is 2.45. The van der Waals surface area contributed by atoms with Gasteiger partial charge < -0.3 is 10.2 Å². The summed E-state index contributed by atoms with van der Waals surface area (Å²) in [6, 6.07) is 0. The summed E-state index contributed by atoms with van der Waals surface area (Å²) in [5.74, 6) is 2.14. The maximum atomic E-state index is 8.36. The Bertz CT molecular complexity index is 191. The van der Waals surface area contributed by atoms with Crippen LogP contribution in [0.1, 0.15) is 38.5 Å². The third-order valence-electron chi connectivity index (χ3n) is 3.11. The van der Waals surface area contributed by atoms with Crippen molar-refractivity contribution in [3.63, 3.8) is 0 Å². The fraction of sp³-hybridized carbons (Fsp3) is 0.667. The normalized spacial score (nSPS) is 26.0. The Kier molecular flexibility index (Phi) is 9.36. The fourth-order valence-corrected chi connectivity index (χ4v) is 2.45. The molecule has 1 saturated carbocycles. The Balaban J connectivity index is 0.000000321. The van der Waals surface area contributed by atoms with E-state index in [-0.39, 0.29) is 12.9 Å². The van der Waals surface area contributed by atoms with Crippen molar-refractivity contribution < 1.29 is 19.8 Å². The van der Waals surface area contributed by atoms with E-state index in [9.17, 15) is 0 Å². The first-order valence-electron chi connectivity index (χ1n) is 5.60. The van der Waals surface area contributed by atoms with Crippen LogP contribution in [0.25, 0.3) is 0 Å². The van der Waals surface area contributed by atoms with Crippen LogP contribution in [0.2, 0.25) is 0 Å². The van der Waals surface area contributed by atoms with Crippen LogP contribution in [-0.4, -0.2) is 23.2 Å². The molecule has 0 aromatic heterocycles. The first-order chi connectivity index (χ1) is 7.79. The molecule has 2 N–H and O–H groups in total. The molecule has 0 spiro atoms. The van der Waals surface area contributed by atoms with Gasteiger partial charge in [0.1, 0.15) is 0 Å². The molecule has 4 heteroatoms. The minimum absolute atomic E-state index is 0.250. The van der Waals surface area contributed by atoms with Crippen LogP contribution in [0.4, 0.5) is 0 Å². The lowest BCUT2D eigenvalue weighted by Crippen LogP contribution is -2.20. The minimum atomic E-state index is -0.250. The van der Waals surface area contributed by atoms with E-state index in [2.05, 4.69) is 12.2 Å². The summed E-state index contributed by atoms with van der Waals surface area (Å²) >= 11 is 0. The predicted molar refractivity (Wildman–Crippen MR) is 61.2 cm³/mol. The van der Waals surface area contributed by atoms with E-state index in [1.807, 2.05) is 0 Å². The maximum Gasteiger partial charge on any atom is 0.290 e. The molecule has 0 radical (unpaired) electrons. The van der Waals surface area contributed by atoms with Crippen molar-refractivity contribution in [3.05, 3.63) is 12.2 Å². The van der Waals surface area contributed by atoms with E-state index in [4.69, 9.17) is 19.8 Å². The van der Waals surface area contributed by atoms with Gasteiger partial charge in [-0.3, -0.25) is 9.59 Å². The molecule has 0 aromatic carbocycles. The van der Waals surface area contributed by atoms with Gasteiger partial charge in [-0.2, -0.15) is 0 Å². The van der Waals surface area contributed by atoms with E-state index in [0.29, 0.717) is 0 Å². The highest BCUT2D eigenvalue weighted by Gasteiger charge is 2.24. The summed E-state index contributed by atoms with van der Waals surface area (Å²) in [6.07, 6.45) is 13.5. The Morgan fingerprint density at radius 3 is 1.50 bits per heavy atom. The number of hydrogen-bond acceptors (Lipinski definition) is 2. The monoisotopic (exact) mass is 228 g/mol. The molecule has 2 unspecified atom stereocenters. The predicted octanol–water partition coefficient (Wildman–Crippen LogP) is 2.54. The maximum absolute atomic E-state index is 8.36. The molecule has 2 aliphatic rings. The van der Waals surface area contributed by atoms with Crippen molar-refractivity contribution in [1.82, 2.24) is 0 Å². The van der Waals surface area contributed by atoms with Crippen LogP contribution in [-0.2, 0) is 9.59 Å². The Morgan fingerprint density at radius 1 is 0.875 bits per heavy atom. The summed E-state index contributed by atoms with van der Waals surface area (Å²) < 4.78 is 0. The summed E-state index contributed by atoms with van der Waals surface area (Å²) in [7, 11) is 0. The van der Waals surface area contributed by atoms with Gasteiger partial charge >= 0.3 is 0 Å². The van der Waals surface area contributed by atoms with Crippen LogP contribution in [0.5, 0.6) is 0 Å². The van der Waals surface area contributed by atoms with E-state index >= 15 is 0 Å². The van der Waals surface area contributed by atoms with Crippen molar-refractivity contribution in [1.29, 1.82) is 0 Å². The lowest BCUT2D eigenvalue weighted by atomic mass is 9.73. The summed E-state index contributed by atoms with van der Waals surface area (Å²) in [4.78, 5) is 16.7. The number of rotatable bonds is 0. The molecule has 16 heavy (non-hydrogen) atoms. The first kappa shape index (κ1) is 14.7. The van der Waals surface area contributed by atoms with Crippen molar-refractivity contribution in [2.75, 3.05) is 0 Å². The van der Waals surface area contributed by atoms with Gasteiger partial charge in [-0.25, -0.2) is 0 Å². The van der Waals surface area contributed by atoms with Crippen molar-refractivity contribution in [2.45, 2.75) is 38.5 Å². The van der Waals surface area contributed by atoms with Crippen LogP contribution < -0.4 is 0 Å². The van der Waals surface area contributed by atoms with Gasteiger partial charge in [0, 0.05) is 0 Å². The Labute approximate surface area is 96.0 Å². The molecule has 1 fully saturated rings. The number of fused-ring (bicyclic) bond motifs is 1. The van der Waals surface area contributed by atoms with Crippen molar-refractivity contribution >= 4 is 12.9 Å². The molecule has 92 valence electrons. The van der Waals surface area contributed by atoms with Gasteiger partial charge in [0.15, 0.2) is 0 Å². The molecule has 0 heterocycles. The topological polar surface area (TPSA) is 74.6 Å². The molecular weight excluding hydrogens is 208 g/mol. The van der Waals surface area contributed by atoms with Crippen LogP contribution in [0.3, 0.4) is 0 Å². The second-order valence-corrected chi connectivity index (χ2v) is 3.96. The zero-order chi connectivity index (χ0) is 12.2. The molecule has 4 nitrogen and oxygen atoms in total. The second-order valence-electron chi connectivity index (χ2n) is 3.96. The number of hydrogen-bond donors (Lipinski definition) is 2. The molecule has 2 aliphatic carbocycles. The van der Waals surface area contributed by atoms with Gasteiger partial charge in [0.2, 0.25) is 0 Å². The van der Waals surface area contributed by atoms with Gasteiger partial charge in [-0.15, -0.1) is 0 Å². The molecule has 0 saturated heterocycles. The van der Waals surface area contributed by atoms with E-state index in [1.165, 1.54) is 38.5 Å². The standard InChI is InChI=1S/C10H16.2CH2O2/c1-2-6-10-8-4-3-7-9(10)5-1;2*2-1-3/h1-2,9-10H,3-8H2;2*1H,(H,2,3). The van der Waals surface area contributed by atoms with Gasteiger partial charge in [0.25, 0.3) is 12.9 Å². The zero-order valence-corrected chi connectivity index (χ0v) is 9.42. The molecule has 2 rings (SSSR count). The van der Waals surface area contributed by atoms with Gasteiger partial charge in [0.05, 0.1) is 0 Å². The molecule has 0 aromatic rings. The highest BCUT2D eigenvalue weighted by atomic mass is 16.3. The van der Waals surface area contributed by atoms with Crippen LogP contribution in [0, 0.1) is 11.8 Å². The van der Waals surface area contributed by atoms with E-state index < -0.39 is 0 Å². The quantitative estimate of drug-likeness (QED) is 0.493. The Hall–Kier alpha value is -1.32. The average molecular weight is 228 g/mol. The minimum Gasteiger partial charge on any atom is -0.483 e. The van der Waals surface area contributed by atoms with Crippen LogP contribution in [0.15, 0.2) is 12.2 Å². The van der Waals surface area contributed by atoms with Crippen molar-refractivity contribution in [3.8, 4) is 0 Å². The van der Waals surface area contributed by atoms with Crippen molar-refractivity contribution in [2.24, 2.45) is 11.8 Å².